The van der Waals surface area contributed by atoms with Gasteiger partial charge in [0.15, 0.2) is 0 Å². The van der Waals surface area contributed by atoms with Crippen LogP contribution in [0.1, 0.15) is 29.9 Å². The van der Waals surface area contributed by atoms with Crippen LogP contribution < -0.4 is 0 Å². The summed E-state index contributed by atoms with van der Waals surface area (Å²) in [6, 6.07) is 7.90. The molecule has 0 amide bonds. The molecule has 0 spiro atoms. The zero-order chi connectivity index (χ0) is 16.4. The van der Waals surface area contributed by atoms with Crippen molar-refractivity contribution in [1.82, 2.24) is 9.29 Å². The molecule has 0 bridgehead atoms. The number of benzene rings is 1. The minimum Gasteiger partial charge on any atom is -0.265 e. The first-order valence-corrected chi connectivity index (χ1v) is 9.08. The zero-order valence-corrected chi connectivity index (χ0v) is 13.8. The third kappa shape index (κ3) is 3.43. The first kappa shape index (κ1) is 16.1. The molecule has 1 fully saturated rings. The van der Waals surface area contributed by atoms with Crippen LogP contribution in [0.4, 0.5) is 4.39 Å². The molecule has 0 N–H and O–H groups in total. The monoisotopic (exact) mass is 334 g/mol. The molecule has 1 aliphatic heterocycles. The third-order valence-electron chi connectivity index (χ3n) is 4.28. The fourth-order valence-electron chi connectivity index (χ4n) is 3.07. The molecule has 1 aliphatic rings. The lowest BCUT2D eigenvalue weighted by Gasteiger charge is -2.31. The maximum atomic E-state index is 13.5. The highest BCUT2D eigenvalue weighted by Crippen LogP contribution is 2.30. The number of rotatable bonds is 3. The Bertz CT molecular complexity index is 765. The molecule has 3 rings (SSSR count). The average Bonchev–Trinajstić information content (AvgIpc) is 2.55. The summed E-state index contributed by atoms with van der Waals surface area (Å²) < 4.78 is 40.3. The molecule has 1 aromatic carbocycles. The molecule has 1 aromatic heterocycles. The molecule has 0 radical (unpaired) electrons. The van der Waals surface area contributed by atoms with Gasteiger partial charge in [-0.3, -0.25) is 4.98 Å². The number of aromatic nitrogens is 1. The SMILES string of the molecule is Cc1cc(F)cc(S(=O)(=O)N2CCC(c3ccncc3)CC2)c1. The van der Waals surface area contributed by atoms with Gasteiger partial charge >= 0.3 is 0 Å². The largest absolute Gasteiger partial charge is 0.265 e. The normalized spacial score (nSPS) is 17.3. The highest BCUT2D eigenvalue weighted by atomic mass is 32.2. The molecule has 4 nitrogen and oxygen atoms in total. The van der Waals surface area contributed by atoms with E-state index >= 15 is 0 Å². The molecular formula is C17H19FN2O2S. The standard InChI is InChI=1S/C17H19FN2O2S/c1-13-10-16(18)12-17(11-13)23(21,22)20-8-4-15(5-9-20)14-2-6-19-7-3-14/h2-3,6-7,10-12,15H,4-5,8-9H2,1H3. The van der Waals surface area contributed by atoms with Crippen LogP contribution in [0, 0.1) is 12.7 Å². The fraction of sp³-hybridized carbons (Fsp3) is 0.353. The molecule has 0 unspecified atom stereocenters. The summed E-state index contributed by atoms with van der Waals surface area (Å²) in [5, 5.41) is 0. The molecule has 2 heterocycles. The summed E-state index contributed by atoms with van der Waals surface area (Å²) in [5.41, 5.74) is 1.80. The second kappa shape index (κ2) is 6.37. The lowest BCUT2D eigenvalue weighted by atomic mass is 9.91. The Hall–Kier alpha value is -1.79. The van der Waals surface area contributed by atoms with Gasteiger partial charge in [0.1, 0.15) is 5.82 Å². The van der Waals surface area contributed by atoms with Crippen molar-refractivity contribution in [3.63, 3.8) is 0 Å². The molecule has 0 saturated carbocycles. The van der Waals surface area contributed by atoms with Crippen molar-refractivity contribution in [2.75, 3.05) is 13.1 Å². The molecule has 0 aliphatic carbocycles. The van der Waals surface area contributed by atoms with Crippen LogP contribution in [0.2, 0.25) is 0 Å². The molecule has 122 valence electrons. The predicted molar refractivity (Wildman–Crippen MR) is 86.1 cm³/mol. The maximum absolute atomic E-state index is 13.5. The summed E-state index contributed by atoms with van der Waals surface area (Å²) >= 11 is 0. The molecule has 23 heavy (non-hydrogen) atoms. The summed E-state index contributed by atoms with van der Waals surface area (Å²) in [6.07, 6.45) is 5.04. The highest BCUT2D eigenvalue weighted by molar-refractivity contribution is 7.89. The molecule has 0 atom stereocenters. The molecule has 1 saturated heterocycles. The van der Waals surface area contributed by atoms with E-state index < -0.39 is 15.8 Å². The second-order valence-corrected chi connectivity index (χ2v) is 7.86. The van der Waals surface area contributed by atoms with E-state index in [1.54, 1.807) is 19.3 Å². The topological polar surface area (TPSA) is 50.3 Å². The Balaban J connectivity index is 1.76. The molecule has 6 heteroatoms. The smallest absolute Gasteiger partial charge is 0.243 e. The van der Waals surface area contributed by atoms with Crippen LogP contribution in [0.3, 0.4) is 0 Å². The van der Waals surface area contributed by atoms with E-state index in [0.29, 0.717) is 24.6 Å². The summed E-state index contributed by atoms with van der Waals surface area (Å²) in [7, 11) is -3.63. The van der Waals surface area contributed by atoms with Crippen molar-refractivity contribution in [2.24, 2.45) is 0 Å². The third-order valence-corrected chi connectivity index (χ3v) is 6.16. The van der Waals surface area contributed by atoms with E-state index in [9.17, 15) is 12.8 Å². The Morgan fingerprint density at radius 1 is 1.13 bits per heavy atom. The quantitative estimate of drug-likeness (QED) is 0.867. The summed E-state index contributed by atoms with van der Waals surface area (Å²) in [4.78, 5) is 4.05. The predicted octanol–water partition coefficient (Wildman–Crippen LogP) is 3.10. The first-order chi connectivity index (χ1) is 11.0. The van der Waals surface area contributed by atoms with E-state index in [1.165, 1.54) is 22.0 Å². The Kier molecular flexibility index (Phi) is 4.46. The Morgan fingerprint density at radius 3 is 2.39 bits per heavy atom. The van der Waals surface area contributed by atoms with Crippen LogP contribution in [0.15, 0.2) is 47.6 Å². The average molecular weight is 334 g/mol. The van der Waals surface area contributed by atoms with E-state index in [2.05, 4.69) is 4.98 Å². The van der Waals surface area contributed by atoms with Crippen LogP contribution in [0.25, 0.3) is 0 Å². The number of aryl methyl sites for hydroxylation is 1. The van der Waals surface area contributed by atoms with Crippen molar-refractivity contribution in [3.05, 3.63) is 59.7 Å². The van der Waals surface area contributed by atoms with E-state index in [-0.39, 0.29) is 4.90 Å². The van der Waals surface area contributed by atoms with Crippen LogP contribution in [-0.2, 0) is 10.0 Å². The first-order valence-electron chi connectivity index (χ1n) is 7.64. The van der Waals surface area contributed by atoms with Crippen molar-refractivity contribution >= 4 is 10.0 Å². The minimum absolute atomic E-state index is 0.0392. The van der Waals surface area contributed by atoms with E-state index in [4.69, 9.17) is 0 Å². The van der Waals surface area contributed by atoms with Crippen molar-refractivity contribution in [3.8, 4) is 0 Å². The van der Waals surface area contributed by atoms with Gasteiger partial charge in [-0.15, -0.1) is 0 Å². The zero-order valence-electron chi connectivity index (χ0n) is 12.9. The molecule has 2 aromatic rings. The van der Waals surface area contributed by atoms with Crippen molar-refractivity contribution in [2.45, 2.75) is 30.6 Å². The van der Waals surface area contributed by atoms with Gasteiger partial charge in [0, 0.05) is 25.5 Å². The van der Waals surface area contributed by atoms with Crippen molar-refractivity contribution < 1.29 is 12.8 Å². The van der Waals surface area contributed by atoms with Gasteiger partial charge in [-0.2, -0.15) is 4.31 Å². The van der Waals surface area contributed by atoms with Gasteiger partial charge in [0.05, 0.1) is 4.90 Å². The number of piperidine rings is 1. The number of halogens is 1. The van der Waals surface area contributed by atoms with Crippen LogP contribution in [-0.4, -0.2) is 30.8 Å². The van der Waals surface area contributed by atoms with Gasteiger partial charge < -0.3 is 0 Å². The summed E-state index contributed by atoms with van der Waals surface area (Å²) in [5.74, 6) is -0.172. The maximum Gasteiger partial charge on any atom is 0.243 e. The Morgan fingerprint density at radius 2 is 1.78 bits per heavy atom. The minimum atomic E-state index is -3.63. The van der Waals surface area contributed by atoms with E-state index in [0.717, 1.165) is 18.9 Å². The second-order valence-electron chi connectivity index (χ2n) is 5.92. The summed E-state index contributed by atoms with van der Waals surface area (Å²) in [6.45, 7) is 2.59. The lowest BCUT2D eigenvalue weighted by Crippen LogP contribution is -2.38. The Labute approximate surface area is 136 Å². The fourth-order valence-corrected chi connectivity index (χ4v) is 4.65. The number of nitrogens with zero attached hydrogens (tertiary/aromatic N) is 2. The van der Waals surface area contributed by atoms with Crippen molar-refractivity contribution in [1.29, 1.82) is 0 Å². The van der Waals surface area contributed by atoms with Gasteiger partial charge in [-0.25, -0.2) is 12.8 Å². The molecular weight excluding hydrogens is 315 g/mol. The number of hydrogen-bond donors (Lipinski definition) is 0. The van der Waals surface area contributed by atoms with Gasteiger partial charge in [-0.05, 0) is 67.1 Å². The number of pyridine rings is 1. The van der Waals surface area contributed by atoms with Crippen LogP contribution >= 0.6 is 0 Å². The van der Waals surface area contributed by atoms with Gasteiger partial charge in [-0.1, -0.05) is 0 Å². The van der Waals surface area contributed by atoms with Gasteiger partial charge in [0.2, 0.25) is 10.0 Å². The highest BCUT2D eigenvalue weighted by Gasteiger charge is 2.30. The number of hydrogen-bond acceptors (Lipinski definition) is 3. The van der Waals surface area contributed by atoms with E-state index in [1.807, 2.05) is 12.1 Å². The number of sulfonamides is 1. The van der Waals surface area contributed by atoms with Gasteiger partial charge in [0.25, 0.3) is 0 Å². The van der Waals surface area contributed by atoms with Crippen LogP contribution in [0.5, 0.6) is 0 Å². The lowest BCUT2D eigenvalue weighted by molar-refractivity contribution is 0.319.